The Morgan fingerprint density at radius 3 is 2.82 bits per heavy atom. The molecule has 1 heterocycles. The maximum Gasteiger partial charge on any atom is 0.294 e. The highest BCUT2D eigenvalue weighted by atomic mass is 16.5. The van der Waals surface area contributed by atoms with Crippen LogP contribution in [0.25, 0.3) is 11.0 Å². The number of aromatic nitrogens is 2. The van der Waals surface area contributed by atoms with Crippen LogP contribution in [0, 0.1) is 5.92 Å². The lowest BCUT2D eigenvalue weighted by atomic mass is 10.1. The number of benzene rings is 1. The van der Waals surface area contributed by atoms with E-state index >= 15 is 0 Å². The van der Waals surface area contributed by atoms with Crippen LogP contribution >= 0.6 is 0 Å². The predicted octanol–water partition coefficient (Wildman–Crippen LogP) is 2.96. The molecule has 2 aromatic rings. The van der Waals surface area contributed by atoms with Crippen molar-refractivity contribution >= 4 is 16.7 Å². The van der Waals surface area contributed by atoms with Crippen LogP contribution in [-0.2, 0) is 0 Å². The van der Waals surface area contributed by atoms with Crippen molar-refractivity contribution in [2.45, 2.75) is 26.7 Å². The molecule has 0 amide bonds. The second kappa shape index (κ2) is 5.08. The minimum Gasteiger partial charge on any atom is -0.465 e. The van der Waals surface area contributed by atoms with Crippen molar-refractivity contribution in [2.24, 2.45) is 5.92 Å². The third kappa shape index (κ3) is 2.70. The topological polar surface area (TPSA) is 63.9 Å². The Morgan fingerprint density at radius 2 is 2.12 bits per heavy atom. The van der Waals surface area contributed by atoms with Crippen LogP contribution in [0.1, 0.15) is 26.7 Å². The van der Waals surface area contributed by atoms with Gasteiger partial charge in [0.25, 0.3) is 6.01 Å². The number of nitrogens with one attached hydrogen (secondary N) is 1. The zero-order valence-corrected chi connectivity index (χ0v) is 10.4. The quantitative estimate of drug-likeness (QED) is 0.780. The van der Waals surface area contributed by atoms with Crippen molar-refractivity contribution in [3.8, 4) is 6.01 Å². The van der Waals surface area contributed by atoms with Crippen molar-refractivity contribution < 1.29 is 4.74 Å². The molecule has 1 aromatic carbocycles. The van der Waals surface area contributed by atoms with E-state index in [0.29, 0.717) is 18.5 Å². The van der Waals surface area contributed by atoms with Gasteiger partial charge in [0.15, 0.2) is 0 Å². The summed E-state index contributed by atoms with van der Waals surface area (Å²) in [4.78, 5) is 7.49. The van der Waals surface area contributed by atoms with Gasteiger partial charge in [-0.3, -0.25) is 0 Å². The summed E-state index contributed by atoms with van der Waals surface area (Å²) in [5.74, 6) is 0.591. The number of hydrogen-bond donors (Lipinski definition) is 2. The molecule has 3 N–H and O–H groups in total. The van der Waals surface area contributed by atoms with Crippen LogP contribution in [0.2, 0.25) is 0 Å². The van der Waals surface area contributed by atoms with Gasteiger partial charge >= 0.3 is 0 Å². The van der Waals surface area contributed by atoms with Crippen molar-refractivity contribution in [2.75, 3.05) is 12.3 Å². The molecule has 0 saturated carbocycles. The fourth-order valence-electron chi connectivity index (χ4n) is 1.79. The van der Waals surface area contributed by atoms with Gasteiger partial charge in [-0.25, -0.2) is 0 Å². The number of H-pyrrole nitrogens is 1. The molecular weight excluding hydrogens is 214 g/mol. The molecule has 0 atom stereocenters. The third-order valence-electron chi connectivity index (χ3n) is 3.09. The van der Waals surface area contributed by atoms with Gasteiger partial charge in [0, 0.05) is 5.69 Å². The van der Waals surface area contributed by atoms with Gasteiger partial charge in [-0.2, -0.15) is 4.98 Å². The highest BCUT2D eigenvalue weighted by Crippen LogP contribution is 2.19. The Balaban J connectivity index is 2.09. The Labute approximate surface area is 101 Å². The van der Waals surface area contributed by atoms with E-state index in [9.17, 15) is 0 Å². The Morgan fingerprint density at radius 1 is 1.35 bits per heavy atom. The average Bonchev–Trinajstić information content (AvgIpc) is 2.72. The molecule has 0 bridgehead atoms. The molecule has 0 unspecified atom stereocenters. The molecule has 1 aromatic heterocycles. The lowest BCUT2D eigenvalue weighted by Crippen LogP contribution is -2.10. The molecule has 0 saturated heterocycles. The van der Waals surface area contributed by atoms with Crippen LogP contribution in [0.3, 0.4) is 0 Å². The number of nitrogens with zero attached hydrogens (tertiary/aromatic N) is 1. The van der Waals surface area contributed by atoms with Crippen molar-refractivity contribution in [1.82, 2.24) is 9.97 Å². The molecule has 0 aliphatic heterocycles. The van der Waals surface area contributed by atoms with Crippen molar-refractivity contribution in [1.29, 1.82) is 0 Å². The summed E-state index contributed by atoms with van der Waals surface area (Å²) >= 11 is 0. The molecule has 0 spiro atoms. The SMILES string of the molecule is CCC(CC)COc1nc2ccc(N)cc2[nH]1. The van der Waals surface area contributed by atoms with Crippen LogP contribution in [-0.4, -0.2) is 16.6 Å². The summed E-state index contributed by atoms with van der Waals surface area (Å²) < 4.78 is 5.67. The summed E-state index contributed by atoms with van der Waals surface area (Å²) in [6.45, 7) is 5.07. The fourth-order valence-corrected chi connectivity index (χ4v) is 1.79. The van der Waals surface area contributed by atoms with Gasteiger partial charge in [-0.1, -0.05) is 26.7 Å². The van der Waals surface area contributed by atoms with E-state index in [0.717, 1.165) is 29.6 Å². The zero-order chi connectivity index (χ0) is 12.3. The first kappa shape index (κ1) is 11.8. The third-order valence-corrected chi connectivity index (χ3v) is 3.09. The number of fused-ring (bicyclic) bond motifs is 1. The van der Waals surface area contributed by atoms with Gasteiger partial charge in [0.1, 0.15) is 0 Å². The molecule has 0 aliphatic carbocycles. The highest BCUT2D eigenvalue weighted by molar-refractivity contribution is 5.79. The number of nitrogens with two attached hydrogens (primary N) is 1. The molecule has 0 radical (unpaired) electrons. The predicted molar refractivity (Wildman–Crippen MR) is 70.1 cm³/mol. The summed E-state index contributed by atoms with van der Waals surface area (Å²) in [5.41, 5.74) is 8.25. The number of aromatic amines is 1. The van der Waals surface area contributed by atoms with Gasteiger partial charge in [-0.15, -0.1) is 0 Å². The number of rotatable bonds is 5. The maximum absolute atomic E-state index is 5.71. The monoisotopic (exact) mass is 233 g/mol. The standard InChI is InChI=1S/C13H19N3O/c1-3-9(4-2)8-17-13-15-11-6-5-10(14)7-12(11)16-13/h5-7,9H,3-4,8,14H2,1-2H3,(H,15,16). The lowest BCUT2D eigenvalue weighted by molar-refractivity contribution is 0.226. The summed E-state index contributed by atoms with van der Waals surface area (Å²) in [6, 6.07) is 6.18. The molecule has 4 heteroatoms. The van der Waals surface area contributed by atoms with Gasteiger partial charge < -0.3 is 15.5 Å². The van der Waals surface area contributed by atoms with Gasteiger partial charge in [0.2, 0.25) is 0 Å². The number of ether oxygens (including phenoxy) is 1. The highest BCUT2D eigenvalue weighted by Gasteiger charge is 2.07. The Bertz CT molecular complexity index is 488. The molecular formula is C13H19N3O. The Hall–Kier alpha value is -1.71. The number of hydrogen-bond acceptors (Lipinski definition) is 3. The second-order valence-electron chi connectivity index (χ2n) is 4.31. The molecule has 0 fully saturated rings. The molecule has 92 valence electrons. The maximum atomic E-state index is 5.71. The smallest absolute Gasteiger partial charge is 0.294 e. The van der Waals surface area contributed by atoms with Crippen LogP contribution in [0.4, 0.5) is 5.69 Å². The van der Waals surface area contributed by atoms with Crippen molar-refractivity contribution in [3.05, 3.63) is 18.2 Å². The first-order chi connectivity index (χ1) is 8.22. The number of nitrogen functional groups attached to an aromatic ring is 1. The first-order valence-corrected chi connectivity index (χ1v) is 6.11. The minimum absolute atomic E-state index is 0.581. The van der Waals surface area contributed by atoms with Crippen LogP contribution < -0.4 is 10.5 Å². The summed E-state index contributed by atoms with van der Waals surface area (Å²) in [6.07, 6.45) is 2.26. The van der Waals surface area contributed by atoms with E-state index in [1.807, 2.05) is 18.2 Å². The van der Waals surface area contributed by atoms with Gasteiger partial charge in [0.05, 0.1) is 17.6 Å². The van der Waals surface area contributed by atoms with E-state index in [1.165, 1.54) is 0 Å². The first-order valence-electron chi connectivity index (χ1n) is 6.11. The average molecular weight is 233 g/mol. The number of anilines is 1. The summed E-state index contributed by atoms with van der Waals surface area (Å²) in [5, 5.41) is 0. The van der Waals surface area contributed by atoms with Gasteiger partial charge in [-0.05, 0) is 24.1 Å². The van der Waals surface area contributed by atoms with E-state index in [4.69, 9.17) is 10.5 Å². The van der Waals surface area contributed by atoms with Crippen LogP contribution in [0.15, 0.2) is 18.2 Å². The normalized spacial score (nSPS) is 11.2. The van der Waals surface area contributed by atoms with Crippen molar-refractivity contribution in [3.63, 3.8) is 0 Å². The molecule has 17 heavy (non-hydrogen) atoms. The summed E-state index contributed by atoms with van der Waals surface area (Å²) in [7, 11) is 0. The van der Waals surface area contributed by atoms with E-state index < -0.39 is 0 Å². The zero-order valence-electron chi connectivity index (χ0n) is 10.4. The largest absolute Gasteiger partial charge is 0.465 e. The molecule has 4 nitrogen and oxygen atoms in total. The molecule has 2 rings (SSSR count). The molecule has 0 aliphatic rings. The second-order valence-corrected chi connectivity index (χ2v) is 4.31. The lowest BCUT2D eigenvalue weighted by Gasteiger charge is -2.11. The Kier molecular flexibility index (Phi) is 3.52. The van der Waals surface area contributed by atoms with Crippen LogP contribution in [0.5, 0.6) is 6.01 Å². The fraction of sp³-hybridized carbons (Fsp3) is 0.462. The van der Waals surface area contributed by atoms with E-state index in [2.05, 4.69) is 23.8 Å². The number of imidazole rings is 1. The van der Waals surface area contributed by atoms with E-state index in [-0.39, 0.29) is 0 Å². The minimum atomic E-state index is 0.581. The van der Waals surface area contributed by atoms with E-state index in [1.54, 1.807) is 0 Å².